The molecule has 82 valence electrons. The average Bonchev–Trinajstić information content (AvgIpc) is 2.80. The fourth-order valence-electron chi connectivity index (χ4n) is 1.52. The van der Waals surface area contributed by atoms with Gasteiger partial charge in [0.05, 0.1) is 12.1 Å². The van der Waals surface area contributed by atoms with Crippen molar-refractivity contribution in [3.05, 3.63) is 46.7 Å². The minimum atomic E-state index is -0.822. The van der Waals surface area contributed by atoms with Gasteiger partial charge in [-0.25, -0.2) is 9.97 Å². The minimum absolute atomic E-state index is 0.0531. The molecule has 0 saturated carbocycles. The molecule has 2 heterocycles. The zero-order valence-electron chi connectivity index (χ0n) is 8.41. The predicted molar refractivity (Wildman–Crippen MR) is 60.4 cm³/mol. The molecule has 2 rings (SSSR count). The average molecular weight is 234 g/mol. The first-order valence-electron chi connectivity index (χ1n) is 4.78. The van der Waals surface area contributed by atoms with Gasteiger partial charge in [-0.1, -0.05) is 6.07 Å². The summed E-state index contributed by atoms with van der Waals surface area (Å²) >= 11 is 1.54. The first-order chi connectivity index (χ1) is 7.77. The van der Waals surface area contributed by atoms with Crippen molar-refractivity contribution in [1.29, 1.82) is 0 Å². The molecule has 0 aliphatic heterocycles. The van der Waals surface area contributed by atoms with Crippen LogP contribution in [0.1, 0.15) is 22.9 Å². The maximum atomic E-state index is 10.8. The summed E-state index contributed by atoms with van der Waals surface area (Å²) in [6.45, 7) is 0. The standard InChI is InChI=1S/C11H10N2O2S/c14-11(15)6-8(10-2-1-5-16-10)9-3-4-12-7-13-9/h1-5,7-8H,6H2,(H,14,15). The first-order valence-corrected chi connectivity index (χ1v) is 5.66. The van der Waals surface area contributed by atoms with E-state index in [1.807, 2.05) is 17.5 Å². The highest BCUT2D eigenvalue weighted by Gasteiger charge is 2.19. The minimum Gasteiger partial charge on any atom is -0.481 e. The third kappa shape index (κ3) is 2.43. The molecule has 0 amide bonds. The maximum absolute atomic E-state index is 10.8. The molecular formula is C11H10N2O2S. The molecule has 0 aromatic carbocycles. The summed E-state index contributed by atoms with van der Waals surface area (Å²) in [5.74, 6) is -1.00. The fraction of sp³-hybridized carbons (Fsp3) is 0.182. The SMILES string of the molecule is O=C(O)CC(c1ccncn1)c1cccs1. The Hall–Kier alpha value is -1.75. The fourth-order valence-corrected chi connectivity index (χ4v) is 2.36. The molecule has 4 nitrogen and oxygen atoms in total. The second-order valence-corrected chi connectivity index (χ2v) is 4.28. The monoisotopic (exact) mass is 234 g/mol. The van der Waals surface area contributed by atoms with E-state index in [1.54, 1.807) is 23.6 Å². The van der Waals surface area contributed by atoms with Gasteiger partial charge < -0.3 is 5.11 Å². The number of hydrogen-bond donors (Lipinski definition) is 1. The Morgan fingerprint density at radius 1 is 1.50 bits per heavy atom. The van der Waals surface area contributed by atoms with Gasteiger partial charge in [0.1, 0.15) is 6.33 Å². The predicted octanol–water partition coefficient (Wildman–Crippen LogP) is 2.14. The van der Waals surface area contributed by atoms with E-state index in [1.165, 1.54) is 6.33 Å². The summed E-state index contributed by atoms with van der Waals surface area (Å²) in [7, 11) is 0. The second-order valence-electron chi connectivity index (χ2n) is 3.30. The first kappa shape index (κ1) is 10.8. The summed E-state index contributed by atoms with van der Waals surface area (Å²) < 4.78 is 0. The quantitative estimate of drug-likeness (QED) is 0.880. The molecule has 0 radical (unpaired) electrons. The van der Waals surface area contributed by atoms with Crippen molar-refractivity contribution in [1.82, 2.24) is 9.97 Å². The van der Waals surface area contributed by atoms with Crippen LogP contribution in [0.2, 0.25) is 0 Å². The zero-order chi connectivity index (χ0) is 11.4. The number of aromatic nitrogens is 2. The number of thiophene rings is 1. The highest BCUT2D eigenvalue weighted by molar-refractivity contribution is 7.10. The number of hydrogen-bond acceptors (Lipinski definition) is 4. The van der Waals surface area contributed by atoms with E-state index in [4.69, 9.17) is 5.11 Å². The van der Waals surface area contributed by atoms with Gasteiger partial charge in [0, 0.05) is 17.0 Å². The molecule has 0 aliphatic rings. The molecule has 0 spiro atoms. The maximum Gasteiger partial charge on any atom is 0.304 e. The van der Waals surface area contributed by atoms with Crippen molar-refractivity contribution in [3.8, 4) is 0 Å². The van der Waals surface area contributed by atoms with Crippen LogP contribution < -0.4 is 0 Å². The Balaban J connectivity index is 2.32. The summed E-state index contributed by atoms with van der Waals surface area (Å²) in [6, 6.07) is 5.60. The third-order valence-electron chi connectivity index (χ3n) is 2.23. The Labute approximate surface area is 96.6 Å². The van der Waals surface area contributed by atoms with Crippen LogP contribution in [-0.4, -0.2) is 21.0 Å². The lowest BCUT2D eigenvalue weighted by Gasteiger charge is -2.11. The summed E-state index contributed by atoms with van der Waals surface area (Å²) in [5, 5.41) is 10.8. The van der Waals surface area contributed by atoms with Gasteiger partial charge in [0.2, 0.25) is 0 Å². The molecule has 1 atom stereocenters. The van der Waals surface area contributed by atoms with Crippen molar-refractivity contribution < 1.29 is 9.90 Å². The number of carboxylic acids is 1. The van der Waals surface area contributed by atoms with Gasteiger partial charge in [-0.15, -0.1) is 11.3 Å². The van der Waals surface area contributed by atoms with Gasteiger partial charge in [0.15, 0.2) is 0 Å². The van der Waals surface area contributed by atoms with Crippen LogP contribution in [0.15, 0.2) is 36.1 Å². The molecule has 0 aliphatic carbocycles. The van der Waals surface area contributed by atoms with E-state index in [2.05, 4.69) is 9.97 Å². The number of aliphatic carboxylic acids is 1. The number of carboxylic acid groups (broad SMARTS) is 1. The van der Waals surface area contributed by atoms with E-state index >= 15 is 0 Å². The molecule has 1 unspecified atom stereocenters. The molecule has 2 aromatic heterocycles. The third-order valence-corrected chi connectivity index (χ3v) is 3.21. The topological polar surface area (TPSA) is 63.1 Å². The Kier molecular flexibility index (Phi) is 3.26. The molecular weight excluding hydrogens is 224 g/mol. The summed E-state index contributed by atoms with van der Waals surface area (Å²) in [5.41, 5.74) is 0.750. The van der Waals surface area contributed by atoms with Crippen LogP contribution in [-0.2, 0) is 4.79 Å². The summed E-state index contributed by atoms with van der Waals surface area (Å²) in [4.78, 5) is 19.8. The normalized spacial score (nSPS) is 12.2. The smallest absolute Gasteiger partial charge is 0.304 e. The summed E-state index contributed by atoms with van der Waals surface area (Å²) in [6.07, 6.45) is 3.13. The van der Waals surface area contributed by atoms with Crippen molar-refractivity contribution in [2.75, 3.05) is 0 Å². The van der Waals surface area contributed by atoms with Gasteiger partial charge in [-0.2, -0.15) is 0 Å². The largest absolute Gasteiger partial charge is 0.481 e. The lowest BCUT2D eigenvalue weighted by molar-refractivity contribution is -0.137. The zero-order valence-corrected chi connectivity index (χ0v) is 9.22. The van der Waals surface area contributed by atoms with Crippen molar-refractivity contribution in [2.24, 2.45) is 0 Å². The highest BCUT2D eigenvalue weighted by atomic mass is 32.1. The number of nitrogens with zero attached hydrogens (tertiary/aromatic N) is 2. The molecule has 0 saturated heterocycles. The van der Waals surface area contributed by atoms with Crippen molar-refractivity contribution >= 4 is 17.3 Å². The van der Waals surface area contributed by atoms with Crippen LogP contribution in [0.4, 0.5) is 0 Å². The number of rotatable bonds is 4. The van der Waals surface area contributed by atoms with Gasteiger partial charge in [-0.3, -0.25) is 4.79 Å². The molecule has 5 heteroatoms. The number of carbonyl (C=O) groups is 1. The van der Waals surface area contributed by atoms with Gasteiger partial charge >= 0.3 is 5.97 Å². The van der Waals surface area contributed by atoms with Crippen molar-refractivity contribution in [3.63, 3.8) is 0 Å². The van der Waals surface area contributed by atoms with E-state index in [9.17, 15) is 4.79 Å². The molecule has 0 fully saturated rings. The molecule has 0 bridgehead atoms. The van der Waals surface area contributed by atoms with E-state index in [-0.39, 0.29) is 12.3 Å². The Bertz CT molecular complexity index is 456. The van der Waals surface area contributed by atoms with Gasteiger partial charge in [0.25, 0.3) is 0 Å². The Morgan fingerprint density at radius 2 is 2.38 bits per heavy atom. The van der Waals surface area contributed by atoms with Crippen molar-refractivity contribution in [2.45, 2.75) is 12.3 Å². The van der Waals surface area contributed by atoms with Gasteiger partial charge in [-0.05, 0) is 17.5 Å². The van der Waals surface area contributed by atoms with Crippen LogP contribution in [0.25, 0.3) is 0 Å². The van der Waals surface area contributed by atoms with Crippen LogP contribution in [0.5, 0.6) is 0 Å². The molecule has 16 heavy (non-hydrogen) atoms. The van der Waals surface area contributed by atoms with Crippen LogP contribution >= 0.6 is 11.3 Å². The molecule has 2 aromatic rings. The lowest BCUT2D eigenvalue weighted by Crippen LogP contribution is -2.08. The van der Waals surface area contributed by atoms with E-state index < -0.39 is 5.97 Å². The second kappa shape index (κ2) is 4.85. The Morgan fingerprint density at radius 3 is 2.94 bits per heavy atom. The van der Waals surface area contributed by atoms with Crippen LogP contribution in [0, 0.1) is 0 Å². The van der Waals surface area contributed by atoms with Crippen LogP contribution in [0.3, 0.4) is 0 Å². The van der Waals surface area contributed by atoms with E-state index in [0.29, 0.717) is 0 Å². The lowest BCUT2D eigenvalue weighted by atomic mass is 9.99. The van der Waals surface area contributed by atoms with E-state index in [0.717, 1.165) is 10.6 Å². The highest BCUT2D eigenvalue weighted by Crippen LogP contribution is 2.29. The molecule has 1 N–H and O–H groups in total.